The summed E-state index contributed by atoms with van der Waals surface area (Å²) in [5.74, 6) is 1.43. The summed E-state index contributed by atoms with van der Waals surface area (Å²) in [7, 11) is 0. The minimum absolute atomic E-state index is 0.405. The predicted molar refractivity (Wildman–Crippen MR) is 95.7 cm³/mol. The van der Waals surface area contributed by atoms with Gasteiger partial charge in [0.25, 0.3) is 0 Å². The minimum atomic E-state index is -0.405. The zero-order valence-electron chi connectivity index (χ0n) is 15.6. The highest BCUT2D eigenvalue weighted by atomic mass is 16.3. The van der Waals surface area contributed by atoms with Crippen LogP contribution in [-0.2, 0) is 0 Å². The molecule has 0 rings (SSSR count). The van der Waals surface area contributed by atoms with E-state index in [1.807, 2.05) is 0 Å². The molecule has 0 fully saturated rings. The molecule has 2 unspecified atom stereocenters. The van der Waals surface area contributed by atoms with Gasteiger partial charge in [0.1, 0.15) is 0 Å². The second-order valence-corrected chi connectivity index (χ2v) is 7.22. The first-order chi connectivity index (χ1) is 10.0. The molecule has 0 aliphatic rings. The van der Waals surface area contributed by atoms with Crippen molar-refractivity contribution in [2.75, 3.05) is 0 Å². The fourth-order valence-electron chi connectivity index (χ4n) is 3.71. The lowest BCUT2D eigenvalue weighted by molar-refractivity contribution is -0.0188. The number of hydrogen-bond donors (Lipinski definition) is 1. The highest BCUT2D eigenvalue weighted by molar-refractivity contribution is 4.84. The summed E-state index contributed by atoms with van der Waals surface area (Å²) in [6, 6.07) is 0. The molecular weight excluding hydrogens is 256 g/mol. The van der Waals surface area contributed by atoms with E-state index in [1.54, 1.807) is 0 Å². The molecular formula is C20H42O. The van der Waals surface area contributed by atoms with Gasteiger partial charge in [0.05, 0.1) is 5.60 Å². The van der Waals surface area contributed by atoms with E-state index < -0.39 is 5.60 Å². The summed E-state index contributed by atoms with van der Waals surface area (Å²) in [6.45, 7) is 11.3. The van der Waals surface area contributed by atoms with Crippen molar-refractivity contribution in [3.05, 3.63) is 0 Å². The zero-order chi connectivity index (χ0) is 16.1. The van der Waals surface area contributed by atoms with Crippen molar-refractivity contribution < 1.29 is 5.11 Å². The van der Waals surface area contributed by atoms with Crippen LogP contribution in [0.2, 0.25) is 0 Å². The molecule has 0 bridgehead atoms. The first-order valence-electron chi connectivity index (χ1n) is 9.77. The fourth-order valence-corrected chi connectivity index (χ4v) is 3.71. The second kappa shape index (κ2) is 12.5. The maximum atomic E-state index is 11.2. The highest BCUT2D eigenvalue weighted by Crippen LogP contribution is 2.35. The molecule has 0 saturated carbocycles. The van der Waals surface area contributed by atoms with Crippen LogP contribution >= 0.6 is 0 Å². The van der Waals surface area contributed by atoms with Gasteiger partial charge in [-0.25, -0.2) is 0 Å². The molecule has 2 atom stereocenters. The monoisotopic (exact) mass is 298 g/mol. The van der Waals surface area contributed by atoms with Gasteiger partial charge >= 0.3 is 0 Å². The molecule has 0 spiro atoms. The highest BCUT2D eigenvalue weighted by Gasteiger charge is 2.31. The van der Waals surface area contributed by atoms with Gasteiger partial charge in [-0.15, -0.1) is 0 Å². The molecule has 0 aliphatic carbocycles. The molecule has 21 heavy (non-hydrogen) atoms. The van der Waals surface area contributed by atoms with E-state index in [1.165, 1.54) is 51.4 Å². The predicted octanol–water partition coefficient (Wildman–Crippen LogP) is 6.73. The van der Waals surface area contributed by atoms with Crippen molar-refractivity contribution in [2.45, 2.75) is 117 Å². The van der Waals surface area contributed by atoms with Crippen LogP contribution in [0.25, 0.3) is 0 Å². The van der Waals surface area contributed by atoms with E-state index in [-0.39, 0.29) is 0 Å². The van der Waals surface area contributed by atoms with Gasteiger partial charge in [-0.2, -0.15) is 0 Å². The standard InChI is InChI=1S/C20H42O/c1-6-11-13-18(9-4)16-20(21,15-8-3)17-19(10-5)14-12-7-2/h18-19,21H,6-17H2,1-5H3. The molecule has 0 radical (unpaired) electrons. The van der Waals surface area contributed by atoms with Gasteiger partial charge in [0.15, 0.2) is 0 Å². The molecule has 128 valence electrons. The van der Waals surface area contributed by atoms with Gasteiger partial charge in [-0.3, -0.25) is 0 Å². The van der Waals surface area contributed by atoms with Gasteiger partial charge in [-0.05, 0) is 31.1 Å². The third-order valence-corrected chi connectivity index (χ3v) is 5.14. The van der Waals surface area contributed by atoms with Gasteiger partial charge in [-0.1, -0.05) is 92.4 Å². The van der Waals surface area contributed by atoms with Crippen LogP contribution in [-0.4, -0.2) is 10.7 Å². The minimum Gasteiger partial charge on any atom is -0.390 e. The Kier molecular flexibility index (Phi) is 12.5. The van der Waals surface area contributed by atoms with Crippen molar-refractivity contribution in [1.29, 1.82) is 0 Å². The lowest BCUT2D eigenvalue weighted by Crippen LogP contribution is -2.34. The summed E-state index contributed by atoms with van der Waals surface area (Å²) in [5.41, 5.74) is -0.405. The molecule has 1 nitrogen and oxygen atoms in total. The van der Waals surface area contributed by atoms with Crippen molar-refractivity contribution in [3.8, 4) is 0 Å². The summed E-state index contributed by atoms with van der Waals surface area (Å²) < 4.78 is 0. The van der Waals surface area contributed by atoms with Crippen LogP contribution in [0.5, 0.6) is 0 Å². The topological polar surface area (TPSA) is 20.2 Å². The van der Waals surface area contributed by atoms with E-state index >= 15 is 0 Å². The normalized spacial score (nSPS) is 17.4. The maximum Gasteiger partial charge on any atom is 0.0653 e. The number of unbranched alkanes of at least 4 members (excludes halogenated alkanes) is 2. The Morgan fingerprint density at radius 3 is 1.43 bits per heavy atom. The first kappa shape index (κ1) is 21.0. The Bertz CT molecular complexity index is 206. The summed E-state index contributed by atoms with van der Waals surface area (Å²) >= 11 is 0. The Hall–Kier alpha value is -0.0400. The average Bonchev–Trinajstić information content (AvgIpc) is 2.48. The van der Waals surface area contributed by atoms with E-state index in [4.69, 9.17) is 0 Å². The number of rotatable bonds is 14. The Morgan fingerprint density at radius 2 is 1.14 bits per heavy atom. The summed E-state index contributed by atoms with van der Waals surface area (Å²) in [5, 5.41) is 11.2. The van der Waals surface area contributed by atoms with E-state index in [0.717, 1.165) is 25.7 Å². The van der Waals surface area contributed by atoms with Crippen LogP contribution in [0.3, 0.4) is 0 Å². The number of hydrogen-bond acceptors (Lipinski definition) is 1. The fraction of sp³-hybridized carbons (Fsp3) is 1.00. The van der Waals surface area contributed by atoms with Crippen molar-refractivity contribution in [1.82, 2.24) is 0 Å². The van der Waals surface area contributed by atoms with Crippen molar-refractivity contribution in [2.24, 2.45) is 11.8 Å². The summed E-state index contributed by atoms with van der Waals surface area (Å²) in [6.07, 6.45) is 14.4. The van der Waals surface area contributed by atoms with Crippen LogP contribution < -0.4 is 0 Å². The third-order valence-electron chi connectivity index (χ3n) is 5.14. The maximum absolute atomic E-state index is 11.2. The molecule has 0 aromatic heterocycles. The second-order valence-electron chi connectivity index (χ2n) is 7.22. The number of aliphatic hydroxyl groups is 1. The lowest BCUT2D eigenvalue weighted by Gasteiger charge is -2.35. The Morgan fingerprint density at radius 1 is 0.714 bits per heavy atom. The first-order valence-corrected chi connectivity index (χ1v) is 9.77. The zero-order valence-corrected chi connectivity index (χ0v) is 15.6. The van der Waals surface area contributed by atoms with E-state index in [2.05, 4.69) is 34.6 Å². The molecule has 1 N–H and O–H groups in total. The van der Waals surface area contributed by atoms with Crippen molar-refractivity contribution in [3.63, 3.8) is 0 Å². The molecule has 0 saturated heterocycles. The quantitative estimate of drug-likeness (QED) is 0.377. The van der Waals surface area contributed by atoms with Crippen molar-refractivity contribution >= 4 is 0 Å². The van der Waals surface area contributed by atoms with E-state index in [0.29, 0.717) is 11.8 Å². The molecule has 0 aromatic rings. The van der Waals surface area contributed by atoms with Crippen LogP contribution in [0.1, 0.15) is 112 Å². The van der Waals surface area contributed by atoms with Crippen LogP contribution in [0, 0.1) is 11.8 Å². The third kappa shape index (κ3) is 9.55. The Balaban J connectivity index is 4.62. The van der Waals surface area contributed by atoms with Crippen LogP contribution in [0.15, 0.2) is 0 Å². The van der Waals surface area contributed by atoms with Gasteiger partial charge < -0.3 is 5.11 Å². The Labute approximate surface area is 134 Å². The SMILES string of the molecule is CCCCC(CC)CC(O)(CCC)CC(CC)CCCC. The largest absolute Gasteiger partial charge is 0.390 e. The summed E-state index contributed by atoms with van der Waals surface area (Å²) in [4.78, 5) is 0. The molecule has 0 heterocycles. The van der Waals surface area contributed by atoms with Gasteiger partial charge in [0, 0.05) is 0 Å². The van der Waals surface area contributed by atoms with E-state index in [9.17, 15) is 5.11 Å². The lowest BCUT2D eigenvalue weighted by atomic mass is 9.76. The molecule has 1 heteroatoms. The molecule has 0 aromatic carbocycles. The average molecular weight is 299 g/mol. The van der Waals surface area contributed by atoms with Gasteiger partial charge in [0.2, 0.25) is 0 Å². The van der Waals surface area contributed by atoms with Crippen LogP contribution in [0.4, 0.5) is 0 Å². The molecule has 0 aliphatic heterocycles. The molecule has 0 amide bonds. The smallest absolute Gasteiger partial charge is 0.0653 e.